The Balaban J connectivity index is 1.51. The van der Waals surface area contributed by atoms with Gasteiger partial charge in [-0.25, -0.2) is 9.97 Å². The third kappa shape index (κ3) is 5.15. The fourth-order valence-corrected chi connectivity index (χ4v) is 4.70. The Kier molecular flexibility index (Phi) is 6.34. The lowest BCUT2D eigenvalue weighted by molar-refractivity contribution is -0.137. The molecule has 33 heavy (non-hydrogen) atoms. The minimum atomic E-state index is -4.53. The van der Waals surface area contributed by atoms with Gasteiger partial charge in [0.05, 0.1) is 34.6 Å². The molecule has 4 aromatic rings. The number of amides is 1. The molecule has 2 N–H and O–H groups in total. The highest BCUT2D eigenvalue weighted by atomic mass is 32.1. The molecular weight excluding hydrogens is 473 g/mol. The van der Waals surface area contributed by atoms with Crippen molar-refractivity contribution in [2.75, 3.05) is 17.7 Å². The number of hydrogen-bond donors (Lipinski definition) is 2. The molecule has 0 unspecified atom stereocenters. The first-order valence-corrected chi connectivity index (χ1v) is 11.3. The number of nitrogens with zero attached hydrogens (tertiary/aromatic N) is 2. The van der Waals surface area contributed by atoms with Crippen LogP contribution in [0.4, 0.5) is 29.1 Å². The van der Waals surface area contributed by atoms with Crippen molar-refractivity contribution in [2.24, 2.45) is 0 Å². The van der Waals surface area contributed by atoms with E-state index < -0.39 is 17.6 Å². The highest BCUT2D eigenvalue weighted by molar-refractivity contribution is 7.20. The summed E-state index contributed by atoms with van der Waals surface area (Å²) in [5.74, 6) is 0.0148. The quantitative estimate of drug-likeness (QED) is 0.319. The molecule has 0 radical (unpaired) electrons. The molecule has 0 aliphatic heterocycles. The molecule has 0 saturated carbocycles. The number of benzene rings is 2. The summed E-state index contributed by atoms with van der Waals surface area (Å²) in [6.45, 7) is 1.78. The van der Waals surface area contributed by atoms with E-state index in [9.17, 15) is 18.0 Å². The molecule has 0 fully saturated rings. The lowest BCUT2D eigenvalue weighted by atomic mass is 10.1. The molecule has 0 bridgehead atoms. The first kappa shape index (κ1) is 22.7. The molecule has 2 aromatic heterocycles. The van der Waals surface area contributed by atoms with Crippen molar-refractivity contribution >= 4 is 44.5 Å². The average molecular weight is 491 g/mol. The number of ether oxygens (including phenoxy) is 1. The monoisotopic (exact) mass is 490 g/mol. The van der Waals surface area contributed by atoms with E-state index in [0.29, 0.717) is 22.3 Å². The summed E-state index contributed by atoms with van der Waals surface area (Å²) in [6.07, 6.45) is -4.53. The summed E-state index contributed by atoms with van der Waals surface area (Å²) in [5, 5.41) is 8.57. The van der Waals surface area contributed by atoms with E-state index in [4.69, 9.17) is 4.74 Å². The van der Waals surface area contributed by atoms with Crippen molar-refractivity contribution < 1.29 is 22.7 Å². The third-order valence-electron chi connectivity index (χ3n) is 4.55. The van der Waals surface area contributed by atoms with Crippen LogP contribution in [0, 0.1) is 6.92 Å². The fraction of sp³-hybridized carbons (Fsp3) is 0.136. The van der Waals surface area contributed by atoms with Crippen molar-refractivity contribution in [2.45, 2.75) is 13.1 Å². The molecule has 1 amide bonds. The maximum absolute atomic E-state index is 12.9. The Hall–Kier alpha value is -3.44. The standard InChI is InChI=1S/C22H17F3N4O2S2/c1-12-18(16-11-32-20(28-16)27-15-8-3-4-9-17(15)31-2)33-21(26-12)29-19(30)13-6-5-7-14(10-13)22(23,24)25/h3-11H,1-2H3,(H,27,28)(H,26,29,30). The molecule has 0 saturated heterocycles. The van der Waals surface area contributed by atoms with Crippen molar-refractivity contribution in [3.05, 3.63) is 70.7 Å². The van der Waals surface area contributed by atoms with Crippen LogP contribution in [0.5, 0.6) is 5.75 Å². The van der Waals surface area contributed by atoms with Gasteiger partial charge in [-0.1, -0.05) is 29.5 Å². The molecule has 2 heterocycles. The van der Waals surface area contributed by atoms with Gasteiger partial charge in [-0.15, -0.1) is 11.3 Å². The molecule has 0 atom stereocenters. The molecule has 4 rings (SSSR count). The molecule has 11 heteroatoms. The second kappa shape index (κ2) is 9.20. The lowest BCUT2D eigenvalue weighted by Crippen LogP contribution is -2.13. The van der Waals surface area contributed by atoms with Crippen LogP contribution >= 0.6 is 22.7 Å². The summed E-state index contributed by atoms with van der Waals surface area (Å²) in [6, 6.07) is 11.7. The first-order chi connectivity index (χ1) is 15.7. The van der Waals surface area contributed by atoms with E-state index in [-0.39, 0.29) is 10.7 Å². The zero-order valence-corrected chi connectivity index (χ0v) is 19.0. The number of aromatic nitrogens is 2. The zero-order chi connectivity index (χ0) is 23.6. The topological polar surface area (TPSA) is 76.1 Å². The van der Waals surface area contributed by atoms with Crippen molar-refractivity contribution in [1.82, 2.24) is 9.97 Å². The maximum atomic E-state index is 12.9. The van der Waals surface area contributed by atoms with E-state index in [1.807, 2.05) is 29.6 Å². The second-order valence-electron chi connectivity index (χ2n) is 6.83. The number of carbonyl (C=O) groups excluding carboxylic acids is 1. The number of anilines is 3. The number of hydrogen-bond acceptors (Lipinski definition) is 7. The van der Waals surface area contributed by atoms with Gasteiger partial charge >= 0.3 is 6.18 Å². The normalized spacial score (nSPS) is 11.3. The molecule has 0 spiro atoms. The van der Waals surface area contributed by atoms with Gasteiger partial charge in [-0.3, -0.25) is 10.1 Å². The molecule has 0 aliphatic rings. The number of para-hydroxylation sites is 2. The van der Waals surface area contributed by atoms with Crippen LogP contribution in [0.2, 0.25) is 0 Å². The Morgan fingerprint density at radius 1 is 1.06 bits per heavy atom. The van der Waals surface area contributed by atoms with E-state index in [1.165, 1.54) is 34.8 Å². The highest BCUT2D eigenvalue weighted by Crippen LogP contribution is 2.36. The van der Waals surface area contributed by atoms with Crippen molar-refractivity contribution in [1.29, 1.82) is 0 Å². The van der Waals surface area contributed by atoms with Gasteiger partial charge in [0.15, 0.2) is 10.3 Å². The predicted molar refractivity (Wildman–Crippen MR) is 124 cm³/mol. The SMILES string of the molecule is COc1ccccc1Nc1nc(-c2sc(NC(=O)c3cccc(C(F)(F)F)c3)nc2C)cs1. The number of rotatable bonds is 6. The van der Waals surface area contributed by atoms with Gasteiger partial charge in [-0.2, -0.15) is 13.2 Å². The van der Waals surface area contributed by atoms with Crippen LogP contribution in [-0.2, 0) is 6.18 Å². The number of nitrogens with one attached hydrogen (secondary N) is 2. The van der Waals surface area contributed by atoms with Gasteiger partial charge in [-0.05, 0) is 37.3 Å². The number of aryl methyl sites for hydroxylation is 1. The highest BCUT2D eigenvalue weighted by Gasteiger charge is 2.31. The van der Waals surface area contributed by atoms with E-state index in [1.54, 1.807) is 14.0 Å². The molecule has 2 aromatic carbocycles. The Bertz CT molecular complexity index is 1300. The maximum Gasteiger partial charge on any atom is 0.416 e. The van der Waals surface area contributed by atoms with Gasteiger partial charge in [0.25, 0.3) is 5.91 Å². The van der Waals surface area contributed by atoms with Crippen LogP contribution in [0.25, 0.3) is 10.6 Å². The largest absolute Gasteiger partial charge is 0.495 e. The Morgan fingerprint density at radius 2 is 1.85 bits per heavy atom. The lowest BCUT2D eigenvalue weighted by Gasteiger charge is -2.08. The minimum Gasteiger partial charge on any atom is -0.495 e. The predicted octanol–water partition coefficient (Wildman–Crippen LogP) is 6.60. The Labute approximate surface area is 195 Å². The minimum absolute atomic E-state index is 0.101. The summed E-state index contributed by atoms with van der Waals surface area (Å²) < 4.78 is 44.1. The summed E-state index contributed by atoms with van der Waals surface area (Å²) in [5.41, 5.74) is 1.11. The van der Waals surface area contributed by atoms with Crippen LogP contribution in [0.15, 0.2) is 53.9 Å². The van der Waals surface area contributed by atoms with Crippen LogP contribution in [-0.4, -0.2) is 23.0 Å². The van der Waals surface area contributed by atoms with Gasteiger partial charge in [0.1, 0.15) is 5.75 Å². The fourth-order valence-electron chi connectivity index (χ4n) is 2.99. The first-order valence-electron chi connectivity index (χ1n) is 9.56. The van der Waals surface area contributed by atoms with E-state index in [0.717, 1.165) is 22.7 Å². The zero-order valence-electron chi connectivity index (χ0n) is 17.4. The van der Waals surface area contributed by atoms with E-state index >= 15 is 0 Å². The third-order valence-corrected chi connectivity index (χ3v) is 6.41. The van der Waals surface area contributed by atoms with Gasteiger partial charge < -0.3 is 10.1 Å². The van der Waals surface area contributed by atoms with Crippen LogP contribution in [0.1, 0.15) is 21.6 Å². The second-order valence-corrected chi connectivity index (χ2v) is 8.69. The van der Waals surface area contributed by atoms with Crippen LogP contribution < -0.4 is 15.4 Å². The number of halogens is 3. The average Bonchev–Trinajstić information content (AvgIpc) is 3.39. The van der Waals surface area contributed by atoms with Crippen LogP contribution in [0.3, 0.4) is 0 Å². The number of thiazole rings is 2. The molecule has 170 valence electrons. The van der Waals surface area contributed by atoms with Crippen molar-refractivity contribution in [3.63, 3.8) is 0 Å². The molecule has 6 nitrogen and oxygen atoms in total. The van der Waals surface area contributed by atoms with Gasteiger partial charge in [0, 0.05) is 10.9 Å². The summed E-state index contributed by atoms with van der Waals surface area (Å²) in [4.78, 5) is 22.1. The number of carbonyl (C=O) groups is 1. The molecule has 0 aliphatic carbocycles. The smallest absolute Gasteiger partial charge is 0.416 e. The molecular formula is C22H17F3N4O2S2. The summed E-state index contributed by atoms with van der Waals surface area (Å²) in [7, 11) is 1.59. The van der Waals surface area contributed by atoms with E-state index in [2.05, 4.69) is 20.6 Å². The van der Waals surface area contributed by atoms with Crippen molar-refractivity contribution in [3.8, 4) is 16.3 Å². The number of methoxy groups -OCH3 is 1. The van der Waals surface area contributed by atoms with Gasteiger partial charge in [0.2, 0.25) is 0 Å². The Morgan fingerprint density at radius 3 is 2.61 bits per heavy atom. The summed E-state index contributed by atoms with van der Waals surface area (Å²) >= 11 is 2.60. The number of alkyl halides is 3.